The van der Waals surface area contributed by atoms with E-state index >= 15 is 0 Å². The third-order valence-electron chi connectivity index (χ3n) is 2.15. The molecule has 6 nitrogen and oxygen atoms in total. The number of carboxylic acids is 1. The lowest BCUT2D eigenvalue weighted by molar-refractivity contribution is 0.0697. The minimum Gasteiger partial charge on any atom is -0.478 e. The van der Waals surface area contributed by atoms with E-state index in [1.54, 1.807) is 36.0 Å². The highest BCUT2D eigenvalue weighted by Gasteiger charge is 2.05. The van der Waals surface area contributed by atoms with Gasteiger partial charge >= 0.3 is 5.97 Å². The number of tetrazole rings is 1. The van der Waals surface area contributed by atoms with Crippen molar-refractivity contribution >= 4 is 17.7 Å². The highest BCUT2D eigenvalue weighted by Crippen LogP contribution is 2.19. The third-order valence-corrected chi connectivity index (χ3v) is 3.23. The zero-order valence-corrected chi connectivity index (χ0v) is 9.89. The monoisotopic (exact) mass is 250 g/mol. The maximum Gasteiger partial charge on any atom is 0.335 e. The molecule has 0 saturated carbocycles. The fourth-order valence-corrected chi connectivity index (χ4v) is 2.04. The van der Waals surface area contributed by atoms with Gasteiger partial charge in [-0.15, -0.1) is 5.10 Å². The van der Waals surface area contributed by atoms with Crippen LogP contribution in [0.3, 0.4) is 0 Å². The van der Waals surface area contributed by atoms with Crippen LogP contribution in [0, 0.1) is 0 Å². The minimum absolute atomic E-state index is 0.291. The second-order valence-corrected chi connectivity index (χ2v) is 4.32. The second kappa shape index (κ2) is 4.96. The largest absolute Gasteiger partial charge is 0.478 e. The Morgan fingerprint density at radius 2 is 2.12 bits per heavy atom. The summed E-state index contributed by atoms with van der Waals surface area (Å²) in [5, 5.41) is 20.6. The summed E-state index contributed by atoms with van der Waals surface area (Å²) in [5.41, 5.74) is 1.32. The Kier molecular flexibility index (Phi) is 3.38. The van der Waals surface area contributed by atoms with Gasteiger partial charge in [0.15, 0.2) is 0 Å². The van der Waals surface area contributed by atoms with E-state index in [-0.39, 0.29) is 0 Å². The molecule has 1 heterocycles. The molecule has 1 aromatic heterocycles. The van der Waals surface area contributed by atoms with Crippen molar-refractivity contribution in [1.29, 1.82) is 0 Å². The maximum atomic E-state index is 10.7. The molecule has 17 heavy (non-hydrogen) atoms. The van der Waals surface area contributed by atoms with Crippen molar-refractivity contribution in [3.05, 3.63) is 35.4 Å². The van der Waals surface area contributed by atoms with Crippen LogP contribution in [-0.4, -0.2) is 31.3 Å². The SMILES string of the molecule is Cn1nnnc1SCc1ccc(C(=O)O)cc1. The van der Waals surface area contributed by atoms with Crippen LogP contribution in [0.15, 0.2) is 29.4 Å². The predicted octanol–water partition coefficient (Wildman–Crippen LogP) is 1.20. The molecule has 0 aliphatic carbocycles. The van der Waals surface area contributed by atoms with Crippen LogP contribution >= 0.6 is 11.8 Å². The fraction of sp³-hybridized carbons (Fsp3) is 0.200. The average Bonchev–Trinajstić information content (AvgIpc) is 2.73. The summed E-state index contributed by atoms with van der Waals surface area (Å²) in [4.78, 5) is 10.7. The zero-order valence-electron chi connectivity index (χ0n) is 9.07. The van der Waals surface area contributed by atoms with Crippen LogP contribution in [-0.2, 0) is 12.8 Å². The standard InChI is InChI=1S/C10H10N4O2S/c1-14-10(11-12-13-14)17-6-7-2-4-8(5-3-7)9(15)16/h2-5H,6H2,1H3,(H,15,16). The highest BCUT2D eigenvalue weighted by atomic mass is 32.2. The first-order chi connectivity index (χ1) is 8.16. The smallest absolute Gasteiger partial charge is 0.335 e. The first-order valence-corrected chi connectivity index (χ1v) is 5.83. The van der Waals surface area contributed by atoms with Gasteiger partial charge in [-0.25, -0.2) is 9.48 Å². The lowest BCUT2D eigenvalue weighted by atomic mass is 10.1. The third kappa shape index (κ3) is 2.82. The Hall–Kier alpha value is -1.89. The van der Waals surface area contributed by atoms with Crippen molar-refractivity contribution in [2.45, 2.75) is 10.9 Å². The molecule has 0 unspecified atom stereocenters. The zero-order chi connectivity index (χ0) is 12.3. The van der Waals surface area contributed by atoms with E-state index in [9.17, 15) is 4.79 Å². The lowest BCUT2D eigenvalue weighted by Gasteiger charge is -2.00. The number of carbonyl (C=O) groups is 1. The van der Waals surface area contributed by atoms with Crippen molar-refractivity contribution in [2.75, 3.05) is 0 Å². The molecule has 1 aromatic carbocycles. The van der Waals surface area contributed by atoms with E-state index in [2.05, 4.69) is 15.5 Å². The number of carboxylic acid groups (broad SMARTS) is 1. The quantitative estimate of drug-likeness (QED) is 0.821. The number of benzene rings is 1. The minimum atomic E-state index is -0.915. The summed E-state index contributed by atoms with van der Waals surface area (Å²) in [7, 11) is 1.77. The van der Waals surface area contributed by atoms with Crippen LogP contribution in [0.25, 0.3) is 0 Å². The van der Waals surface area contributed by atoms with Gasteiger partial charge in [0, 0.05) is 12.8 Å². The van der Waals surface area contributed by atoms with Crippen molar-refractivity contribution in [1.82, 2.24) is 20.2 Å². The predicted molar refractivity (Wildman–Crippen MR) is 61.8 cm³/mol. The molecule has 0 fully saturated rings. The number of aryl methyl sites for hydroxylation is 1. The molecule has 0 radical (unpaired) electrons. The first kappa shape index (κ1) is 11.6. The van der Waals surface area contributed by atoms with Gasteiger partial charge in [0.2, 0.25) is 5.16 Å². The number of aromatic nitrogens is 4. The summed E-state index contributed by atoms with van der Waals surface area (Å²) in [6, 6.07) is 6.76. The summed E-state index contributed by atoms with van der Waals surface area (Å²) >= 11 is 1.50. The Morgan fingerprint density at radius 1 is 1.41 bits per heavy atom. The number of aromatic carboxylic acids is 1. The molecule has 0 aliphatic rings. The Morgan fingerprint density at radius 3 is 2.65 bits per heavy atom. The molecule has 0 amide bonds. The summed E-state index contributed by atoms with van der Waals surface area (Å²) in [6.45, 7) is 0. The molecule has 0 spiro atoms. The van der Waals surface area contributed by atoms with E-state index in [0.29, 0.717) is 11.3 Å². The first-order valence-electron chi connectivity index (χ1n) is 4.84. The lowest BCUT2D eigenvalue weighted by Crippen LogP contribution is -1.96. The molecule has 2 rings (SSSR count). The summed E-state index contributed by atoms with van der Waals surface area (Å²) in [5.74, 6) is -0.213. The Balaban J connectivity index is 2.00. The van der Waals surface area contributed by atoms with Gasteiger partial charge in [-0.1, -0.05) is 23.9 Å². The Labute approximate surface area is 102 Å². The summed E-state index contributed by atoms with van der Waals surface area (Å²) < 4.78 is 1.59. The van der Waals surface area contributed by atoms with Gasteiger partial charge < -0.3 is 5.11 Å². The van der Waals surface area contributed by atoms with Gasteiger partial charge in [-0.05, 0) is 28.1 Å². The number of hydrogen-bond donors (Lipinski definition) is 1. The van der Waals surface area contributed by atoms with Gasteiger partial charge in [0.1, 0.15) is 0 Å². The van der Waals surface area contributed by atoms with Crippen LogP contribution in [0.4, 0.5) is 0 Å². The molecule has 0 bridgehead atoms. The van der Waals surface area contributed by atoms with Gasteiger partial charge in [-0.3, -0.25) is 0 Å². The van der Waals surface area contributed by atoms with Crippen molar-refractivity contribution in [3.8, 4) is 0 Å². The summed E-state index contributed by atoms with van der Waals surface area (Å²) in [6.07, 6.45) is 0. The van der Waals surface area contributed by atoms with E-state index in [1.165, 1.54) is 11.8 Å². The highest BCUT2D eigenvalue weighted by molar-refractivity contribution is 7.98. The van der Waals surface area contributed by atoms with Crippen LogP contribution < -0.4 is 0 Å². The van der Waals surface area contributed by atoms with Crippen molar-refractivity contribution in [2.24, 2.45) is 7.05 Å². The topological polar surface area (TPSA) is 80.9 Å². The molecule has 0 saturated heterocycles. The van der Waals surface area contributed by atoms with E-state index < -0.39 is 5.97 Å². The van der Waals surface area contributed by atoms with E-state index in [1.807, 2.05) is 0 Å². The van der Waals surface area contributed by atoms with Crippen molar-refractivity contribution in [3.63, 3.8) is 0 Å². The van der Waals surface area contributed by atoms with Crippen LogP contribution in [0.1, 0.15) is 15.9 Å². The van der Waals surface area contributed by atoms with Crippen LogP contribution in [0.2, 0.25) is 0 Å². The molecule has 88 valence electrons. The van der Waals surface area contributed by atoms with Gasteiger partial charge in [0.25, 0.3) is 0 Å². The molecular formula is C10H10N4O2S. The average molecular weight is 250 g/mol. The van der Waals surface area contributed by atoms with Crippen molar-refractivity contribution < 1.29 is 9.90 Å². The normalized spacial score (nSPS) is 10.4. The van der Waals surface area contributed by atoms with Crippen LogP contribution in [0.5, 0.6) is 0 Å². The van der Waals surface area contributed by atoms with E-state index in [4.69, 9.17) is 5.11 Å². The molecule has 2 aromatic rings. The molecular weight excluding hydrogens is 240 g/mol. The maximum absolute atomic E-state index is 10.7. The Bertz CT molecular complexity index is 523. The number of hydrogen-bond acceptors (Lipinski definition) is 5. The molecule has 0 atom stereocenters. The molecule has 1 N–H and O–H groups in total. The number of nitrogens with zero attached hydrogens (tertiary/aromatic N) is 4. The van der Waals surface area contributed by atoms with E-state index in [0.717, 1.165) is 10.7 Å². The number of thioether (sulfide) groups is 1. The molecule has 0 aliphatic heterocycles. The number of rotatable bonds is 4. The van der Waals surface area contributed by atoms with Gasteiger partial charge in [0.05, 0.1) is 5.56 Å². The molecule has 7 heteroatoms. The second-order valence-electron chi connectivity index (χ2n) is 3.38. The fourth-order valence-electron chi connectivity index (χ4n) is 1.23. The van der Waals surface area contributed by atoms with Gasteiger partial charge in [-0.2, -0.15) is 0 Å².